The topological polar surface area (TPSA) is 48.1 Å². The average Bonchev–Trinajstić information content (AvgIpc) is 2.48. The Morgan fingerprint density at radius 2 is 1.95 bits per heavy atom. The largest absolute Gasteiger partial charge is 0.474 e. The molecule has 1 heterocycles. The molecule has 0 amide bonds. The third-order valence-corrected chi connectivity index (χ3v) is 3.99. The molecule has 1 aromatic carbocycles. The Bertz CT molecular complexity index is 555. The van der Waals surface area contributed by atoms with Crippen LogP contribution in [0.4, 0.5) is 0 Å². The zero-order valence-corrected chi connectivity index (χ0v) is 11.1. The van der Waals surface area contributed by atoms with E-state index in [-0.39, 0.29) is 6.10 Å². The highest BCUT2D eigenvalue weighted by atomic mass is 16.5. The summed E-state index contributed by atoms with van der Waals surface area (Å²) >= 11 is 0. The van der Waals surface area contributed by atoms with Crippen molar-refractivity contribution in [2.75, 3.05) is 6.54 Å². The van der Waals surface area contributed by atoms with Crippen molar-refractivity contribution in [3.8, 4) is 5.88 Å². The van der Waals surface area contributed by atoms with Crippen molar-refractivity contribution in [2.24, 2.45) is 11.7 Å². The number of fused-ring (bicyclic) bond motifs is 1. The van der Waals surface area contributed by atoms with E-state index in [0.717, 1.165) is 23.2 Å². The third kappa shape index (κ3) is 2.71. The van der Waals surface area contributed by atoms with Crippen LogP contribution in [0.25, 0.3) is 10.9 Å². The highest BCUT2D eigenvalue weighted by Crippen LogP contribution is 2.27. The normalized spacial score (nSPS) is 23.4. The van der Waals surface area contributed by atoms with Gasteiger partial charge in [-0.15, -0.1) is 0 Å². The molecular formula is C16H20N2O. The van der Waals surface area contributed by atoms with E-state index in [2.05, 4.69) is 17.1 Å². The molecular weight excluding hydrogens is 236 g/mol. The van der Waals surface area contributed by atoms with Crippen LogP contribution in [0.1, 0.15) is 25.7 Å². The maximum atomic E-state index is 6.08. The Hall–Kier alpha value is -1.61. The van der Waals surface area contributed by atoms with Crippen LogP contribution in [0.5, 0.6) is 5.88 Å². The second-order valence-electron chi connectivity index (χ2n) is 5.28. The van der Waals surface area contributed by atoms with Gasteiger partial charge in [-0.2, -0.15) is 0 Å². The van der Waals surface area contributed by atoms with Gasteiger partial charge in [-0.25, -0.2) is 4.98 Å². The number of hydrogen-bond donors (Lipinski definition) is 1. The van der Waals surface area contributed by atoms with Gasteiger partial charge >= 0.3 is 0 Å². The van der Waals surface area contributed by atoms with Crippen molar-refractivity contribution in [1.29, 1.82) is 0 Å². The van der Waals surface area contributed by atoms with Crippen molar-refractivity contribution >= 4 is 10.9 Å². The first-order valence-electron chi connectivity index (χ1n) is 7.09. The molecule has 2 unspecified atom stereocenters. The minimum Gasteiger partial charge on any atom is -0.474 e. The highest BCUT2D eigenvalue weighted by molar-refractivity contribution is 5.78. The molecule has 1 aliphatic carbocycles. The summed E-state index contributed by atoms with van der Waals surface area (Å²) in [5.74, 6) is 1.20. The molecule has 0 spiro atoms. The van der Waals surface area contributed by atoms with Crippen molar-refractivity contribution < 1.29 is 4.74 Å². The second-order valence-corrected chi connectivity index (χ2v) is 5.28. The number of aromatic nitrogens is 1. The monoisotopic (exact) mass is 256 g/mol. The summed E-state index contributed by atoms with van der Waals surface area (Å²) in [6.07, 6.45) is 5.00. The van der Waals surface area contributed by atoms with Crippen molar-refractivity contribution in [3.05, 3.63) is 36.4 Å². The van der Waals surface area contributed by atoms with Gasteiger partial charge in [0.25, 0.3) is 0 Å². The summed E-state index contributed by atoms with van der Waals surface area (Å²) in [6, 6.07) is 12.1. The lowest BCUT2D eigenvalue weighted by atomic mass is 9.86. The maximum Gasteiger partial charge on any atom is 0.214 e. The smallest absolute Gasteiger partial charge is 0.214 e. The number of ether oxygens (including phenoxy) is 1. The first-order chi connectivity index (χ1) is 9.36. The molecule has 19 heavy (non-hydrogen) atoms. The lowest BCUT2D eigenvalue weighted by molar-refractivity contribution is 0.0927. The number of benzene rings is 1. The lowest BCUT2D eigenvalue weighted by Gasteiger charge is -2.30. The van der Waals surface area contributed by atoms with E-state index in [4.69, 9.17) is 10.5 Å². The predicted molar refractivity (Wildman–Crippen MR) is 77.2 cm³/mol. The summed E-state index contributed by atoms with van der Waals surface area (Å²) in [6.45, 7) is 0.707. The fraction of sp³-hybridized carbons (Fsp3) is 0.438. The quantitative estimate of drug-likeness (QED) is 0.917. The second kappa shape index (κ2) is 5.57. The molecule has 3 heteroatoms. The Kier molecular flexibility index (Phi) is 3.65. The van der Waals surface area contributed by atoms with Gasteiger partial charge in [-0.05, 0) is 37.9 Å². The Balaban J connectivity index is 1.80. The van der Waals surface area contributed by atoms with Gasteiger partial charge in [0.15, 0.2) is 0 Å². The minimum atomic E-state index is 0.229. The van der Waals surface area contributed by atoms with E-state index in [9.17, 15) is 0 Å². The molecule has 1 aliphatic rings. The van der Waals surface area contributed by atoms with Crippen LogP contribution >= 0.6 is 0 Å². The van der Waals surface area contributed by atoms with Crippen molar-refractivity contribution in [2.45, 2.75) is 31.8 Å². The Morgan fingerprint density at radius 3 is 2.84 bits per heavy atom. The van der Waals surface area contributed by atoms with Gasteiger partial charge in [0, 0.05) is 17.4 Å². The van der Waals surface area contributed by atoms with Crippen LogP contribution in [-0.2, 0) is 0 Å². The van der Waals surface area contributed by atoms with Crippen LogP contribution in [0.15, 0.2) is 36.4 Å². The number of hydrogen-bond acceptors (Lipinski definition) is 3. The fourth-order valence-electron chi connectivity index (χ4n) is 2.87. The first-order valence-corrected chi connectivity index (χ1v) is 7.09. The molecule has 2 aromatic rings. The molecule has 2 N–H and O–H groups in total. The van der Waals surface area contributed by atoms with E-state index in [1.807, 2.05) is 24.3 Å². The fourth-order valence-corrected chi connectivity index (χ4v) is 2.87. The summed E-state index contributed by atoms with van der Waals surface area (Å²) in [7, 11) is 0. The van der Waals surface area contributed by atoms with Crippen LogP contribution < -0.4 is 10.5 Å². The minimum absolute atomic E-state index is 0.229. The predicted octanol–water partition coefficient (Wildman–Crippen LogP) is 3.13. The Morgan fingerprint density at radius 1 is 1.11 bits per heavy atom. The average molecular weight is 256 g/mol. The van der Waals surface area contributed by atoms with Crippen LogP contribution in [-0.4, -0.2) is 17.6 Å². The summed E-state index contributed by atoms with van der Waals surface area (Å²) < 4.78 is 6.08. The van der Waals surface area contributed by atoms with E-state index in [0.29, 0.717) is 12.5 Å². The standard InChI is InChI=1S/C16H20N2O/c17-11-13-6-2-4-8-15(13)19-16-10-9-12-5-1-3-7-14(12)18-16/h1,3,5,7,9-10,13,15H,2,4,6,8,11,17H2. The molecule has 100 valence electrons. The summed E-state index contributed by atoms with van der Waals surface area (Å²) in [5.41, 5.74) is 6.82. The zero-order valence-electron chi connectivity index (χ0n) is 11.1. The lowest BCUT2D eigenvalue weighted by Crippen LogP contribution is -2.35. The van der Waals surface area contributed by atoms with Crippen LogP contribution in [0, 0.1) is 5.92 Å². The van der Waals surface area contributed by atoms with Crippen molar-refractivity contribution in [1.82, 2.24) is 4.98 Å². The highest BCUT2D eigenvalue weighted by Gasteiger charge is 2.25. The maximum absolute atomic E-state index is 6.08. The van der Waals surface area contributed by atoms with Gasteiger partial charge in [0.1, 0.15) is 6.10 Å². The van der Waals surface area contributed by atoms with E-state index in [1.54, 1.807) is 0 Å². The molecule has 0 aliphatic heterocycles. The molecule has 3 nitrogen and oxygen atoms in total. The van der Waals surface area contributed by atoms with Gasteiger partial charge in [0.05, 0.1) is 5.52 Å². The van der Waals surface area contributed by atoms with Gasteiger partial charge in [-0.3, -0.25) is 0 Å². The molecule has 1 saturated carbocycles. The number of nitrogens with zero attached hydrogens (tertiary/aromatic N) is 1. The summed E-state index contributed by atoms with van der Waals surface area (Å²) in [4.78, 5) is 4.58. The molecule has 0 saturated heterocycles. The van der Waals surface area contributed by atoms with E-state index in [1.165, 1.54) is 19.3 Å². The van der Waals surface area contributed by atoms with E-state index < -0.39 is 0 Å². The molecule has 3 rings (SSSR count). The first kappa shape index (κ1) is 12.4. The number of rotatable bonds is 3. The third-order valence-electron chi connectivity index (χ3n) is 3.99. The molecule has 1 aromatic heterocycles. The molecule has 2 atom stereocenters. The Labute approximate surface area is 113 Å². The van der Waals surface area contributed by atoms with Gasteiger partial charge in [0.2, 0.25) is 5.88 Å². The molecule has 1 fully saturated rings. The molecule has 0 bridgehead atoms. The number of pyridine rings is 1. The SMILES string of the molecule is NCC1CCCCC1Oc1ccc2ccccc2n1. The van der Waals surface area contributed by atoms with Gasteiger partial charge in [-0.1, -0.05) is 24.6 Å². The van der Waals surface area contributed by atoms with Crippen molar-refractivity contribution in [3.63, 3.8) is 0 Å². The van der Waals surface area contributed by atoms with Gasteiger partial charge < -0.3 is 10.5 Å². The van der Waals surface area contributed by atoms with E-state index >= 15 is 0 Å². The van der Waals surface area contributed by atoms with Crippen LogP contribution in [0.3, 0.4) is 0 Å². The summed E-state index contributed by atoms with van der Waals surface area (Å²) in [5, 5.41) is 1.15. The molecule has 0 radical (unpaired) electrons. The van der Waals surface area contributed by atoms with Crippen LogP contribution in [0.2, 0.25) is 0 Å². The number of nitrogens with two attached hydrogens (primary N) is 1. The number of para-hydroxylation sites is 1. The zero-order chi connectivity index (χ0) is 13.1.